The molecule has 0 aliphatic carbocycles. The Bertz CT molecular complexity index is 2500. The highest BCUT2D eigenvalue weighted by Crippen LogP contribution is 2.53. The van der Waals surface area contributed by atoms with Crippen molar-refractivity contribution in [2.45, 2.75) is 83.1 Å². The molecule has 7 rings (SSSR count). The van der Waals surface area contributed by atoms with Gasteiger partial charge in [-0.25, -0.2) is 9.46 Å². The quantitative estimate of drug-likeness (QED) is 0.0326. The number of methoxy groups -OCH3 is 3. The van der Waals surface area contributed by atoms with Crippen LogP contribution in [0.4, 0.5) is 5.95 Å². The van der Waals surface area contributed by atoms with Crippen molar-refractivity contribution >= 4 is 32.2 Å². The number of fused-ring (bicyclic) bond motifs is 1. The number of nitrogens with one attached hydrogen (secondary N) is 2. The Labute approximate surface area is 379 Å². The summed E-state index contributed by atoms with van der Waals surface area (Å²) < 4.78 is 48.4. The van der Waals surface area contributed by atoms with Crippen molar-refractivity contribution in [3.05, 3.63) is 154 Å². The van der Waals surface area contributed by atoms with Crippen molar-refractivity contribution < 1.29 is 37.6 Å². The van der Waals surface area contributed by atoms with Gasteiger partial charge in [-0.15, -0.1) is 0 Å². The van der Waals surface area contributed by atoms with Crippen LogP contribution in [0.5, 0.6) is 11.5 Å². The van der Waals surface area contributed by atoms with Crippen LogP contribution in [0.25, 0.3) is 5.65 Å². The van der Waals surface area contributed by atoms with Crippen LogP contribution in [-0.2, 0) is 29.0 Å². The van der Waals surface area contributed by atoms with E-state index in [1.807, 2.05) is 91.9 Å². The maximum atomic E-state index is 13.6. The zero-order valence-electron chi connectivity index (χ0n) is 37.8. The number of rotatable bonds is 20. The van der Waals surface area contributed by atoms with E-state index in [9.17, 15) is 9.59 Å². The van der Waals surface area contributed by atoms with E-state index in [1.165, 1.54) is 6.20 Å². The van der Waals surface area contributed by atoms with Crippen LogP contribution in [0, 0.1) is 0 Å². The number of amides is 1. The number of carbonyl (C=O) groups excluding carboxylic acids is 1. The lowest BCUT2D eigenvalue weighted by Gasteiger charge is -2.37. The first-order valence-electron chi connectivity index (χ1n) is 21.5. The average Bonchev–Trinajstić information content (AvgIpc) is 3.90. The van der Waals surface area contributed by atoms with Gasteiger partial charge in [-0.1, -0.05) is 84.9 Å². The maximum absolute atomic E-state index is 13.6. The van der Waals surface area contributed by atoms with Gasteiger partial charge in [-0.3, -0.25) is 15.1 Å². The molecule has 5 unspecified atom stereocenters. The van der Waals surface area contributed by atoms with E-state index in [0.717, 1.165) is 21.2 Å². The molecule has 0 bridgehead atoms. The predicted molar refractivity (Wildman–Crippen MR) is 248 cm³/mol. The first-order chi connectivity index (χ1) is 31.5. The third kappa shape index (κ3) is 10.1. The highest BCUT2D eigenvalue weighted by Gasteiger charge is 2.52. The molecule has 0 spiro atoms. The SMILES string of the molecule is CC/C=N/OP(OC1C(c2cnn3c(=O)[nH]c(NC(=O)c4ccccc4)nc23)OC(COC(c2ccccc2)(c2ccc(OC)cc2)c2ccc(OC)cc2)C1OC)N(C(C)C)C(C)C. The van der Waals surface area contributed by atoms with Crippen molar-refractivity contribution in [1.29, 1.82) is 0 Å². The van der Waals surface area contributed by atoms with Gasteiger partial charge in [-0.2, -0.15) is 14.6 Å². The minimum absolute atomic E-state index is 0.00713. The molecule has 6 aromatic rings. The summed E-state index contributed by atoms with van der Waals surface area (Å²) in [6, 6.07) is 34.1. The molecular formula is C48H56N7O9P. The smallest absolute Gasteiger partial charge is 0.350 e. The van der Waals surface area contributed by atoms with E-state index < -0.39 is 50.1 Å². The Morgan fingerprint density at radius 3 is 2.02 bits per heavy atom. The van der Waals surface area contributed by atoms with Gasteiger partial charge >= 0.3 is 14.2 Å². The number of benzene rings is 4. The number of nitrogens with zero attached hydrogens (tertiary/aromatic N) is 5. The summed E-state index contributed by atoms with van der Waals surface area (Å²) in [6.45, 7) is 10.2. The normalized spacial score (nSPS) is 18.2. The zero-order chi connectivity index (χ0) is 46.1. The van der Waals surface area contributed by atoms with Crippen molar-refractivity contribution in [2.24, 2.45) is 5.16 Å². The van der Waals surface area contributed by atoms with E-state index >= 15 is 0 Å². The van der Waals surface area contributed by atoms with Crippen LogP contribution in [0.3, 0.4) is 0 Å². The number of hydrogen-bond donors (Lipinski definition) is 2. The first kappa shape index (κ1) is 47.0. The summed E-state index contributed by atoms with van der Waals surface area (Å²) in [5, 5.41) is 11.4. The molecule has 1 aliphatic rings. The molecule has 4 aromatic carbocycles. The number of anilines is 1. The maximum Gasteiger partial charge on any atom is 0.350 e. The van der Waals surface area contributed by atoms with Gasteiger partial charge in [0.2, 0.25) is 5.95 Å². The average molecular weight is 906 g/mol. The van der Waals surface area contributed by atoms with E-state index in [4.69, 9.17) is 37.8 Å². The molecule has 3 heterocycles. The third-order valence-corrected chi connectivity index (χ3v) is 13.0. The van der Waals surface area contributed by atoms with Crippen LogP contribution in [-0.4, -0.2) is 94.7 Å². The Morgan fingerprint density at radius 1 is 0.877 bits per heavy atom. The zero-order valence-corrected chi connectivity index (χ0v) is 38.7. The largest absolute Gasteiger partial charge is 0.497 e. The number of aromatic nitrogens is 4. The summed E-state index contributed by atoms with van der Waals surface area (Å²) in [6.07, 6.45) is 0.446. The second-order valence-corrected chi connectivity index (χ2v) is 17.1. The Kier molecular flexibility index (Phi) is 15.4. The number of ether oxygens (including phenoxy) is 5. The van der Waals surface area contributed by atoms with E-state index in [1.54, 1.807) is 51.8 Å². The lowest BCUT2D eigenvalue weighted by molar-refractivity contribution is -0.0890. The molecule has 0 radical (unpaired) electrons. The highest BCUT2D eigenvalue weighted by atomic mass is 31.2. The number of aromatic amines is 1. The fraction of sp³-hybridized carbons (Fsp3) is 0.354. The summed E-state index contributed by atoms with van der Waals surface area (Å²) >= 11 is 0. The van der Waals surface area contributed by atoms with Crippen molar-refractivity contribution in [3.8, 4) is 11.5 Å². The van der Waals surface area contributed by atoms with Gasteiger partial charge in [0, 0.05) is 36.5 Å². The van der Waals surface area contributed by atoms with Gasteiger partial charge < -0.3 is 32.8 Å². The third-order valence-electron chi connectivity index (χ3n) is 11.0. The van der Waals surface area contributed by atoms with Crippen LogP contribution >= 0.6 is 8.53 Å². The van der Waals surface area contributed by atoms with E-state index in [0.29, 0.717) is 29.0 Å². The monoisotopic (exact) mass is 905 g/mol. The number of hydrogen-bond acceptors (Lipinski definition) is 13. The van der Waals surface area contributed by atoms with Crippen molar-refractivity contribution in [2.75, 3.05) is 33.3 Å². The number of carbonyl (C=O) groups is 1. The molecule has 2 aromatic heterocycles. The number of oxime groups is 1. The molecule has 2 N–H and O–H groups in total. The van der Waals surface area contributed by atoms with Crippen LogP contribution in [0.1, 0.15) is 79.8 Å². The summed E-state index contributed by atoms with van der Waals surface area (Å²) in [5.41, 5.74) is 1.65. The van der Waals surface area contributed by atoms with E-state index in [2.05, 4.69) is 52.9 Å². The minimum atomic E-state index is -1.88. The predicted octanol–water partition coefficient (Wildman–Crippen LogP) is 8.29. The second kappa shape index (κ2) is 21.3. The highest BCUT2D eigenvalue weighted by molar-refractivity contribution is 7.44. The molecule has 17 heteroatoms. The standard InChI is InChI=1S/C48H56N7O9P/c1-9-28-50-64-65(55(31(2)3)32(4)5)63-43-41(39-29-49-54-44(39)51-46(53-47(54)57)52-45(56)33-16-12-10-13-17-33)62-40(42(43)60-8)30-61-48(34-18-14-11-15-19-34,35-20-24-37(58-6)25-21-35)36-22-26-38(59-7)27-23-36/h10-29,31-32,40-43H,9,30H2,1-8H3,(H2,51,52,53,56,57)/b50-28+. The van der Waals surface area contributed by atoms with E-state index in [-0.39, 0.29) is 30.3 Å². The molecule has 1 amide bonds. The molecule has 1 fully saturated rings. The summed E-state index contributed by atoms with van der Waals surface area (Å²) in [5.74, 6) is 0.847. The van der Waals surface area contributed by atoms with Crippen LogP contribution < -0.4 is 20.5 Å². The molecular weight excluding hydrogens is 850 g/mol. The lowest BCUT2D eigenvalue weighted by Crippen LogP contribution is -2.41. The lowest BCUT2D eigenvalue weighted by atomic mass is 9.80. The van der Waals surface area contributed by atoms with Gasteiger partial charge in [0.15, 0.2) is 5.65 Å². The molecule has 342 valence electrons. The minimum Gasteiger partial charge on any atom is -0.497 e. The second-order valence-electron chi connectivity index (χ2n) is 15.8. The molecule has 65 heavy (non-hydrogen) atoms. The number of H-pyrrole nitrogens is 1. The molecule has 0 saturated carbocycles. The fourth-order valence-electron chi connectivity index (χ4n) is 8.07. The van der Waals surface area contributed by atoms with Gasteiger partial charge in [0.25, 0.3) is 5.91 Å². The van der Waals surface area contributed by atoms with Crippen LogP contribution in [0.15, 0.2) is 125 Å². The summed E-state index contributed by atoms with van der Waals surface area (Å²) in [7, 11) is 2.96. The fourth-order valence-corrected chi connectivity index (χ4v) is 9.64. The Balaban J connectivity index is 1.34. The topological polar surface area (TPSA) is 172 Å². The van der Waals surface area contributed by atoms with Gasteiger partial charge in [0.05, 0.1) is 27.0 Å². The van der Waals surface area contributed by atoms with Crippen molar-refractivity contribution in [1.82, 2.24) is 24.3 Å². The van der Waals surface area contributed by atoms with Gasteiger partial charge in [-0.05, 0) is 87.2 Å². The molecule has 1 aliphatic heterocycles. The molecule has 5 atom stereocenters. The molecule has 16 nitrogen and oxygen atoms in total. The first-order valence-corrected chi connectivity index (χ1v) is 22.6. The summed E-state index contributed by atoms with van der Waals surface area (Å²) in [4.78, 5) is 34.1. The molecule has 1 saturated heterocycles. The van der Waals surface area contributed by atoms with Crippen LogP contribution in [0.2, 0.25) is 0 Å². The van der Waals surface area contributed by atoms with Gasteiger partial charge in [0.1, 0.15) is 41.5 Å². The Morgan fingerprint density at radius 2 is 1.46 bits per heavy atom. The Hall–Kier alpha value is -6.00. The van der Waals surface area contributed by atoms with Crippen molar-refractivity contribution in [3.63, 3.8) is 0 Å².